The van der Waals surface area contributed by atoms with Gasteiger partial charge in [-0.1, -0.05) is 0 Å². The lowest BCUT2D eigenvalue weighted by atomic mass is 10.3. The van der Waals surface area contributed by atoms with Gasteiger partial charge in [-0.05, 0) is 19.5 Å². The zero-order valence-electron chi connectivity index (χ0n) is 11.0. The van der Waals surface area contributed by atoms with Gasteiger partial charge in [-0.3, -0.25) is 4.79 Å². The topological polar surface area (TPSA) is 93.8 Å². The van der Waals surface area contributed by atoms with Gasteiger partial charge in [-0.25, -0.2) is 15.0 Å². The highest BCUT2D eigenvalue weighted by Gasteiger charge is 2.10. The Morgan fingerprint density at radius 3 is 2.95 bits per heavy atom. The summed E-state index contributed by atoms with van der Waals surface area (Å²) in [6.07, 6.45) is 2.37. The molecule has 0 atom stereocenters. The molecule has 0 aliphatic carbocycles. The van der Waals surface area contributed by atoms with Crippen LogP contribution in [0, 0.1) is 6.92 Å². The van der Waals surface area contributed by atoms with Gasteiger partial charge in [-0.15, -0.1) is 23.7 Å². The number of aromatic nitrogens is 3. The average molecular weight is 314 g/mol. The molecule has 0 spiro atoms. The van der Waals surface area contributed by atoms with Gasteiger partial charge in [0, 0.05) is 18.0 Å². The van der Waals surface area contributed by atoms with Crippen LogP contribution < -0.4 is 11.1 Å². The zero-order chi connectivity index (χ0) is 13.7. The van der Waals surface area contributed by atoms with E-state index in [-0.39, 0.29) is 18.3 Å². The predicted octanol–water partition coefficient (Wildman–Crippen LogP) is 1.09. The summed E-state index contributed by atoms with van der Waals surface area (Å²) in [6.45, 7) is 2.71. The van der Waals surface area contributed by atoms with Crippen molar-refractivity contribution in [2.24, 2.45) is 5.73 Å². The summed E-state index contributed by atoms with van der Waals surface area (Å²) in [6, 6.07) is 1.77. The molecule has 20 heavy (non-hydrogen) atoms. The molecule has 2 aromatic heterocycles. The fraction of sp³-hybridized carbons (Fsp3) is 0.333. The van der Waals surface area contributed by atoms with E-state index in [9.17, 15) is 4.79 Å². The quantitative estimate of drug-likeness (QED) is 0.862. The Kier molecular flexibility index (Phi) is 6.50. The lowest BCUT2D eigenvalue weighted by Gasteiger charge is -2.03. The van der Waals surface area contributed by atoms with Crippen LogP contribution in [0.4, 0.5) is 0 Å². The second-order valence-electron chi connectivity index (χ2n) is 3.94. The van der Waals surface area contributed by atoms with Crippen molar-refractivity contribution in [3.05, 3.63) is 39.9 Å². The monoisotopic (exact) mass is 313 g/mol. The van der Waals surface area contributed by atoms with Gasteiger partial charge in [0.1, 0.15) is 11.5 Å². The van der Waals surface area contributed by atoms with Crippen LogP contribution in [0.2, 0.25) is 0 Å². The van der Waals surface area contributed by atoms with Crippen molar-refractivity contribution in [2.45, 2.75) is 19.9 Å². The predicted molar refractivity (Wildman–Crippen MR) is 80.1 cm³/mol. The Labute approximate surface area is 127 Å². The number of amides is 1. The van der Waals surface area contributed by atoms with Crippen LogP contribution in [0.1, 0.15) is 27.0 Å². The molecule has 0 aliphatic heterocycles. The van der Waals surface area contributed by atoms with Gasteiger partial charge >= 0.3 is 0 Å². The maximum absolute atomic E-state index is 11.9. The van der Waals surface area contributed by atoms with Crippen LogP contribution in [0.3, 0.4) is 0 Å². The van der Waals surface area contributed by atoms with Crippen molar-refractivity contribution in [1.29, 1.82) is 0 Å². The third-order valence-electron chi connectivity index (χ3n) is 2.41. The number of nitrogens with two attached hydrogens (primary N) is 1. The van der Waals surface area contributed by atoms with E-state index in [1.807, 2.05) is 6.92 Å². The number of halogens is 1. The van der Waals surface area contributed by atoms with Crippen molar-refractivity contribution in [2.75, 3.05) is 6.54 Å². The van der Waals surface area contributed by atoms with Gasteiger partial charge in [0.25, 0.3) is 5.91 Å². The number of carbonyl (C=O) groups is 1. The smallest absolute Gasteiger partial charge is 0.271 e. The number of carbonyl (C=O) groups excluding carboxylic acids is 1. The second-order valence-corrected chi connectivity index (χ2v) is 4.89. The Bertz CT molecular complexity index is 574. The lowest BCUT2D eigenvalue weighted by Crippen LogP contribution is -2.23. The molecule has 6 nitrogen and oxygen atoms in total. The first-order chi connectivity index (χ1) is 9.19. The van der Waals surface area contributed by atoms with Gasteiger partial charge in [-0.2, -0.15) is 0 Å². The molecule has 0 saturated heterocycles. The van der Waals surface area contributed by atoms with Crippen LogP contribution in [-0.4, -0.2) is 27.4 Å². The molecule has 0 bridgehead atoms. The highest BCUT2D eigenvalue weighted by Crippen LogP contribution is 2.10. The molecule has 108 valence electrons. The molecular weight excluding hydrogens is 298 g/mol. The van der Waals surface area contributed by atoms with Gasteiger partial charge in [0.05, 0.1) is 17.2 Å². The van der Waals surface area contributed by atoms with E-state index in [4.69, 9.17) is 5.73 Å². The van der Waals surface area contributed by atoms with E-state index in [0.717, 1.165) is 10.7 Å². The van der Waals surface area contributed by atoms with Gasteiger partial charge in [0.15, 0.2) is 0 Å². The van der Waals surface area contributed by atoms with Crippen molar-refractivity contribution in [3.8, 4) is 0 Å². The maximum Gasteiger partial charge on any atom is 0.271 e. The van der Waals surface area contributed by atoms with E-state index in [2.05, 4.69) is 20.3 Å². The lowest BCUT2D eigenvalue weighted by molar-refractivity contribution is 0.0946. The van der Waals surface area contributed by atoms with Crippen molar-refractivity contribution < 1.29 is 4.79 Å². The molecule has 0 fully saturated rings. The Morgan fingerprint density at radius 2 is 2.25 bits per heavy atom. The summed E-state index contributed by atoms with van der Waals surface area (Å²) in [5, 5.41) is 5.40. The highest BCUT2D eigenvalue weighted by molar-refractivity contribution is 7.09. The Balaban J connectivity index is 0.00000200. The second kappa shape index (κ2) is 7.88. The molecule has 3 N–H and O–H groups in total. The summed E-state index contributed by atoms with van der Waals surface area (Å²) >= 11 is 1.45. The van der Waals surface area contributed by atoms with Crippen LogP contribution in [0.25, 0.3) is 0 Å². The molecule has 2 aromatic rings. The summed E-state index contributed by atoms with van der Waals surface area (Å²) in [4.78, 5) is 24.3. The Hall–Kier alpha value is -1.57. The first kappa shape index (κ1) is 16.5. The largest absolute Gasteiger partial charge is 0.345 e. The molecule has 0 aromatic carbocycles. The highest BCUT2D eigenvalue weighted by atomic mass is 35.5. The summed E-state index contributed by atoms with van der Waals surface area (Å²) in [5.74, 6) is 0.487. The van der Waals surface area contributed by atoms with E-state index < -0.39 is 0 Å². The first-order valence-corrected chi connectivity index (χ1v) is 6.78. The van der Waals surface area contributed by atoms with Crippen molar-refractivity contribution >= 4 is 29.7 Å². The minimum Gasteiger partial charge on any atom is -0.345 e. The van der Waals surface area contributed by atoms with Gasteiger partial charge < -0.3 is 11.1 Å². The van der Waals surface area contributed by atoms with Crippen molar-refractivity contribution in [1.82, 2.24) is 20.3 Å². The molecule has 2 rings (SSSR count). The van der Waals surface area contributed by atoms with Crippen LogP contribution >= 0.6 is 23.7 Å². The average Bonchev–Trinajstić information content (AvgIpc) is 2.85. The van der Waals surface area contributed by atoms with E-state index in [0.29, 0.717) is 31.0 Å². The normalized spacial score (nSPS) is 9.90. The molecule has 0 saturated carbocycles. The number of hydrogen-bond acceptors (Lipinski definition) is 6. The number of aryl methyl sites for hydroxylation is 1. The third kappa shape index (κ3) is 4.52. The summed E-state index contributed by atoms with van der Waals surface area (Å²) in [5.41, 5.74) is 6.65. The molecule has 1 amide bonds. The number of nitrogens with one attached hydrogen (secondary N) is 1. The summed E-state index contributed by atoms with van der Waals surface area (Å²) < 4.78 is 0. The minimum atomic E-state index is -0.198. The molecule has 0 aliphatic rings. The number of nitrogens with zero attached hydrogens (tertiary/aromatic N) is 3. The number of hydrogen-bond donors (Lipinski definition) is 2. The zero-order valence-corrected chi connectivity index (χ0v) is 12.6. The van der Waals surface area contributed by atoms with E-state index in [1.165, 1.54) is 11.3 Å². The number of rotatable bonds is 5. The van der Waals surface area contributed by atoms with Crippen molar-refractivity contribution in [3.63, 3.8) is 0 Å². The van der Waals surface area contributed by atoms with Crippen LogP contribution in [-0.2, 0) is 13.0 Å². The molecule has 2 heterocycles. The fourth-order valence-corrected chi connectivity index (χ4v) is 2.31. The Morgan fingerprint density at radius 1 is 1.45 bits per heavy atom. The minimum absolute atomic E-state index is 0. The molecular formula is C12H16ClN5OS. The SMILES string of the molecule is Cc1nccc(CNC(=O)c2csc(CCN)n2)n1.Cl. The summed E-state index contributed by atoms with van der Waals surface area (Å²) in [7, 11) is 0. The van der Waals surface area contributed by atoms with Crippen LogP contribution in [0.15, 0.2) is 17.6 Å². The van der Waals surface area contributed by atoms with Gasteiger partial charge in [0.2, 0.25) is 0 Å². The molecule has 8 heteroatoms. The third-order valence-corrected chi connectivity index (χ3v) is 3.31. The first-order valence-electron chi connectivity index (χ1n) is 5.90. The van der Waals surface area contributed by atoms with E-state index in [1.54, 1.807) is 17.6 Å². The standard InChI is InChI=1S/C12H15N5OS.ClH/c1-8-14-5-3-9(16-8)6-15-12(18)10-7-19-11(17-10)2-4-13;/h3,5,7H,2,4,6,13H2,1H3,(H,15,18);1H. The molecule has 0 radical (unpaired) electrons. The maximum atomic E-state index is 11.9. The number of thiazole rings is 1. The molecule has 0 unspecified atom stereocenters. The van der Waals surface area contributed by atoms with Crippen LogP contribution in [0.5, 0.6) is 0 Å². The van der Waals surface area contributed by atoms with E-state index >= 15 is 0 Å². The fourth-order valence-electron chi connectivity index (χ4n) is 1.52.